The molecule has 96 valence electrons. The minimum atomic E-state index is 0.455. The Bertz CT molecular complexity index is 518. The molecule has 1 aromatic rings. The molecule has 0 aromatic heterocycles. The van der Waals surface area contributed by atoms with Gasteiger partial charge in [0.25, 0.3) is 0 Å². The van der Waals surface area contributed by atoms with E-state index >= 15 is 0 Å². The van der Waals surface area contributed by atoms with Crippen LogP contribution in [0.2, 0.25) is 0 Å². The van der Waals surface area contributed by atoms with Crippen LogP contribution < -0.4 is 0 Å². The van der Waals surface area contributed by atoms with E-state index in [0.29, 0.717) is 10.7 Å². The highest BCUT2D eigenvalue weighted by molar-refractivity contribution is 7.99. The fraction of sp³-hybridized carbons (Fsp3) is 0.500. The highest BCUT2D eigenvalue weighted by Crippen LogP contribution is 2.59. The minimum absolute atomic E-state index is 0.455. The molecule has 0 nitrogen and oxygen atoms in total. The third-order valence-corrected chi connectivity index (χ3v) is 6.34. The molecule has 2 atom stereocenters. The molecule has 0 N–H and O–H groups in total. The summed E-state index contributed by atoms with van der Waals surface area (Å²) in [5, 5.41) is 0.673. The molecule has 0 saturated carbocycles. The van der Waals surface area contributed by atoms with Gasteiger partial charge in [0.15, 0.2) is 0 Å². The first-order valence-corrected chi connectivity index (χ1v) is 8.14. The summed E-state index contributed by atoms with van der Waals surface area (Å²) in [6.45, 7) is 8.72. The van der Waals surface area contributed by atoms with Crippen LogP contribution in [-0.4, -0.2) is 5.75 Å². The number of thiol groups is 1. The molecule has 0 radical (unpaired) electrons. The monoisotopic (exact) mass is 276 g/mol. The molecule has 0 spiro atoms. The zero-order valence-corrected chi connectivity index (χ0v) is 12.8. The van der Waals surface area contributed by atoms with E-state index in [4.69, 9.17) is 0 Å². The van der Waals surface area contributed by atoms with Gasteiger partial charge >= 0.3 is 0 Å². The summed E-state index contributed by atoms with van der Waals surface area (Å²) >= 11 is 6.72. The highest BCUT2D eigenvalue weighted by Gasteiger charge is 2.45. The Balaban J connectivity index is 2.16. The molecule has 1 unspecified atom stereocenters. The van der Waals surface area contributed by atoms with E-state index < -0.39 is 0 Å². The Hall–Kier alpha value is -0.340. The van der Waals surface area contributed by atoms with Gasteiger partial charge in [-0.25, -0.2) is 0 Å². The summed E-state index contributed by atoms with van der Waals surface area (Å²) in [5.74, 6) is 1.30. The predicted octanol–water partition coefficient (Wildman–Crippen LogP) is 5.14. The Kier molecular flexibility index (Phi) is 3.06. The second-order valence-corrected chi connectivity index (χ2v) is 7.76. The van der Waals surface area contributed by atoms with E-state index in [9.17, 15) is 0 Å². The zero-order chi connectivity index (χ0) is 12.9. The lowest BCUT2D eigenvalue weighted by Gasteiger charge is -2.36. The van der Waals surface area contributed by atoms with Crippen molar-refractivity contribution in [2.24, 2.45) is 5.41 Å². The Labute approximate surface area is 120 Å². The van der Waals surface area contributed by atoms with Gasteiger partial charge in [-0.1, -0.05) is 19.1 Å². The van der Waals surface area contributed by atoms with Crippen LogP contribution in [-0.2, 0) is 6.42 Å². The van der Waals surface area contributed by atoms with Crippen LogP contribution in [0.25, 0.3) is 5.57 Å². The van der Waals surface area contributed by atoms with Crippen molar-refractivity contribution >= 4 is 30.0 Å². The average molecular weight is 276 g/mol. The molecule has 0 amide bonds. The van der Waals surface area contributed by atoms with Gasteiger partial charge in [0.1, 0.15) is 0 Å². The lowest BCUT2D eigenvalue weighted by atomic mass is 9.81. The summed E-state index contributed by atoms with van der Waals surface area (Å²) in [6.07, 6.45) is 3.94. The fourth-order valence-corrected chi connectivity index (χ4v) is 5.36. The van der Waals surface area contributed by atoms with Crippen LogP contribution in [0, 0.1) is 5.41 Å². The first kappa shape index (κ1) is 12.7. The largest absolute Gasteiger partial charge is 0.153 e. The number of allylic oxidation sites excluding steroid dienone is 1. The summed E-state index contributed by atoms with van der Waals surface area (Å²) in [6, 6.07) is 4.48. The van der Waals surface area contributed by atoms with Crippen LogP contribution in [0.5, 0.6) is 0 Å². The van der Waals surface area contributed by atoms with E-state index in [1.165, 1.54) is 41.7 Å². The molecule has 1 saturated heterocycles. The van der Waals surface area contributed by atoms with Crippen LogP contribution in [0.4, 0.5) is 0 Å². The number of hydrogen-bond acceptors (Lipinski definition) is 2. The molecule has 0 bridgehead atoms. The molecule has 1 heterocycles. The van der Waals surface area contributed by atoms with Crippen molar-refractivity contribution in [2.45, 2.75) is 43.3 Å². The van der Waals surface area contributed by atoms with E-state index in [1.54, 1.807) is 5.56 Å². The number of benzene rings is 1. The molecule has 1 aromatic carbocycles. The fourth-order valence-electron chi connectivity index (χ4n) is 3.55. The summed E-state index contributed by atoms with van der Waals surface area (Å²) < 4.78 is 0. The molecule has 2 aliphatic rings. The highest BCUT2D eigenvalue weighted by atomic mass is 32.2. The van der Waals surface area contributed by atoms with Crippen molar-refractivity contribution in [3.8, 4) is 0 Å². The van der Waals surface area contributed by atoms with Gasteiger partial charge in [-0.05, 0) is 66.2 Å². The number of fused-ring (bicyclic) bond motifs is 3. The summed E-state index contributed by atoms with van der Waals surface area (Å²) in [7, 11) is 0. The van der Waals surface area contributed by atoms with Gasteiger partial charge in [-0.2, -0.15) is 11.8 Å². The van der Waals surface area contributed by atoms with Gasteiger partial charge in [0.2, 0.25) is 0 Å². The van der Waals surface area contributed by atoms with Crippen molar-refractivity contribution < 1.29 is 0 Å². The molecule has 1 fully saturated rings. The average Bonchev–Trinajstić information content (AvgIpc) is 2.60. The Morgan fingerprint density at radius 3 is 3.00 bits per heavy atom. The third kappa shape index (κ3) is 1.85. The van der Waals surface area contributed by atoms with E-state index in [0.717, 1.165) is 4.90 Å². The second-order valence-electron chi connectivity index (χ2n) is 6.03. The Morgan fingerprint density at radius 2 is 2.28 bits per heavy atom. The lowest BCUT2D eigenvalue weighted by Crippen LogP contribution is -2.24. The number of hydrogen-bond donors (Lipinski definition) is 1. The molecule has 18 heavy (non-hydrogen) atoms. The van der Waals surface area contributed by atoms with Gasteiger partial charge < -0.3 is 0 Å². The molecule has 1 aliphatic heterocycles. The van der Waals surface area contributed by atoms with E-state index in [1.807, 2.05) is 0 Å². The molecule has 1 aliphatic carbocycles. The quantitative estimate of drug-likeness (QED) is 0.693. The molecule has 3 rings (SSSR count). The van der Waals surface area contributed by atoms with Gasteiger partial charge in [0, 0.05) is 10.1 Å². The van der Waals surface area contributed by atoms with Crippen LogP contribution in [0.1, 0.15) is 48.6 Å². The maximum absolute atomic E-state index is 4.58. The minimum Gasteiger partial charge on any atom is -0.153 e. The zero-order valence-electron chi connectivity index (χ0n) is 11.1. The lowest BCUT2D eigenvalue weighted by molar-refractivity contribution is 0.298. The predicted molar refractivity (Wildman–Crippen MR) is 84.6 cm³/mol. The van der Waals surface area contributed by atoms with Crippen molar-refractivity contribution in [3.05, 3.63) is 35.4 Å². The maximum atomic E-state index is 4.58. The van der Waals surface area contributed by atoms with Crippen LogP contribution >= 0.6 is 24.4 Å². The van der Waals surface area contributed by atoms with Crippen molar-refractivity contribution in [2.75, 3.05) is 5.75 Å². The summed E-state index contributed by atoms with van der Waals surface area (Å²) in [5.41, 5.74) is 6.05. The van der Waals surface area contributed by atoms with E-state index in [-0.39, 0.29) is 0 Å². The van der Waals surface area contributed by atoms with Gasteiger partial charge in [-0.3, -0.25) is 0 Å². The smallest absolute Gasteiger partial charge is 0.0357 e. The number of thioether (sulfide) groups is 1. The van der Waals surface area contributed by atoms with Gasteiger partial charge in [-0.15, -0.1) is 12.6 Å². The number of rotatable bonds is 1. The molecular weight excluding hydrogens is 256 g/mol. The first-order chi connectivity index (χ1) is 8.51. The molecular formula is C16H20S2. The normalized spacial score (nSPS) is 29.8. The molecule has 2 heteroatoms. The topological polar surface area (TPSA) is 0 Å². The SMILES string of the molecule is C=C(C)c1cc(S)cc2c1C[C@@]1(C)CCCSC21. The first-order valence-electron chi connectivity index (χ1n) is 6.64. The third-order valence-electron chi connectivity index (χ3n) is 4.40. The standard InChI is InChI=1S/C16H20S2/c1-10(2)12-7-11(17)8-13-14(12)9-16(3)5-4-6-18-15(13)16/h7-8,15,17H,1,4-6,9H2,2-3H3/t15?,16-/m1/s1. The van der Waals surface area contributed by atoms with Crippen LogP contribution in [0.15, 0.2) is 23.6 Å². The second kappa shape index (κ2) is 4.35. The summed E-state index contributed by atoms with van der Waals surface area (Å²) in [4.78, 5) is 1.09. The van der Waals surface area contributed by atoms with Gasteiger partial charge in [0.05, 0.1) is 0 Å². The van der Waals surface area contributed by atoms with Crippen molar-refractivity contribution in [1.29, 1.82) is 0 Å². The van der Waals surface area contributed by atoms with Crippen LogP contribution in [0.3, 0.4) is 0 Å². The Morgan fingerprint density at radius 1 is 1.50 bits per heavy atom. The van der Waals surface area contributed by atoms with Crippen molar-refractivity contribution in [3.63, 3.8) is 0 Å². The maximum Gasteiger partial charge on any atom is 0.0357 e. The van der Waals surface area contributed by atoms with E-state index in [2.05, 4.69) is 56.9 Å². The van der Waals surface area contributed by atoms with Crippen molar-refractivity contribution in [1.82, 2.24) is 0 Å².